The molecule has 0 aliphatic carbocycles. The quantitative estimate of drug-likeness (QED) is 0.696. The molecule has 1 rings (SSSR count). The fraction of sp³-hybridized carbons (Fsp3) is 0.300. The fourth-order valence-corrected chi connectivity index (χ4v) is 1.24. The second-order valence-electron chi connectivity index (χ2n) is 2.93. The predicted molar refractivity (Wildman–Crippen MR) is 53.5 cm³/mol. The minimum Gasteiger partial charge on any atom is -0.326 e. The minimum atomic E-state index is -0.0117. The Morgan fingerprint density at radius 1 is 1.69 bits per heavy atom. The van der Waals surface area contributed by atoms with Crippen LogP contribution in [0.1, 0.15) is 11.1 Å². The van der Waals surface area contributed by atoms with Crippen LogP contribution in [0.5, 0.6) is 0 Å². The molecule has 0 atom stereocenters. The molecule has 3 heteroatoms. The number of pyridine rings is 1. The van der Waals surface area contributed by atoms with Crippen LogP contribution < -0.4 is 11.3 Å². The van der Waals surface area contributed by atoms with E-state index in [0.717, 1.165) is 5.56 Å². The SMILES string of the molecule is C=CCn1ccc(C)c(CN)c1=O. The van der Waals surface area contributed by atoms with Gasteiger partial charge in [-0.05, 0) is 18.6 Å². The largest absolute Gasteiger partial charge is 0.326 e. The molecule has 0 saturated heterocycles. The van der Waals surface area contributed by atoms with Crippen LogP contribution >= 0.6 is 0 Å². The third-order valence-corrected chi connectivity index (χ3v) is 2.03. The molecule has 0 radical (unpaired) electrons. The molecular formula is C10H14N2O. The summed E-state index contributed by atoms with van der Waals surface area (Å²) in [5.74, 6) is 0. The van der Waals surface area contributed by atoms with Crippen LogP contribution in [0.15, 0.2) is 29.7 Å². The highest BCUT2D eigenvalue weighted by Gasteiger charge is 2.03. The zero-order chi connectivity index (χ0) is 9.84. The second-order valence-corrected chi connectivity index (χ2v) is 2.93. The fourth-order valence-electron chi connectivity index (χ4n) is 1.24. The first-order valence-electron chi connectivity index (χ1n) is 4.20. The standard InChI is InChI=1S/C10H14N2O/c1-3-5-12-6-4-8(2)9(7-11)10(12)13/h3-4,6H,1,5,7,11H2,2H3. The molecule has 0 spiro atoms. The number of hydrogen-bond acceptors (Lipinski definition) is 2. The smallest absolute Gasteiger partial charge is 0.255 e. The molecule has 0 amide bonds. The molecule has 70 valence electrons. The molecule has 2 N–H and O–H groups in total. The molecule has 0 fully saturated rings. The van der Waals surface area contributed by atoms with Crippen molar-refractivity contribution in [3.05, 3.63) is 46.4 Å². The van der Waals surface area contributed by atoms with Crippen LogP contribution in [0.2, 0.25) is 0 Å². The van der Waals surface area contributed by atoms with Gasteiger partial charge in [0.25, 0.3) is 5.56 Å². The molecule has 0 aromatic carbocycles. The third kappa shape index (κ3) is 1.87. The van der Waals surface area contributed by atoms with E-state index < -0.39 is 0 Å². The van der Waals surface area contributed by atoms with Gasteiger partial charge in [-0.25, -0.2) is 0 Å². The van der Waals surface area contributed by atoms with Crippen molar-refractivity contribution in [3.8, 4) is 0 Å². The van der Waals surface area contributed by atoms with E-state index in [1.165, 1.54) is 0 Å². The summed E-state index contributed by atoms with van der Waals surface area (Å²) >= 11 is 0. The van der Waals surface area contributed by atoms with Crippen molar-refractivity contribution in [2.45, 2.75) is 20.0 Å². The maximum atomic E-state index is 11.6. The van der Waals surface area contributed by atoms with Crippen LogP contribution in [0.25, 0.3) is 0 Å². The Kier molecular flexibility index (Phi) is 3.03. The molecule has 13 heavy (non-hydrogen) atoms. The monoisotopic (exact) mass is 178 g/mol. The Morgan fingerprint density at radius 2 is 2.38 bits per heavy atom. The predicted octanol–water partition coefficient (Wildman–Crippen LogP) is 0.801. The summed E-state index contributed by atoms with van der Waals surface area (Å²) in [5.41, 5.74) is 7.10. The van der Waals surface area contributed by atoms with Crippen molar-refractivity contribution in [2.24, 2.45) is 5.73 Å². The van der Waals surface area contributed by atoms with E-state index in [1.54, 1.807) is 16.8 Å². The van der Waals surface area contributed by atoms with Gasteiger partial charge in [-0.2, -0.15) is 0 Å². The van der Waals surface area contributed by atoms with Crippen LogP contribution in [0.4, 0.5) is 0 Å². The van der Waals surface area contributed by atoms with Gasteiger partial charge in [-0.15, -0.1) is 6.58 Å². The Labute approximate surface area is 77.5 Å². The number of aromatic nitrogens is 1. The number of allylic oxidation sites excluding steroid dienone is 1. The van der Waals surface area contributed by atoms with Crippen molar-refractivity contribution in [3.63, 3.8) is 0 Å². The average molecular weight is 178 g/mol. The lowest BCUT2D eigenvalue weighted by atomic mass is 10.1. The molecule has 1 aromatic heterocycles. The second kappa shape index (κ2) is 4.05. The van der Waals surface area contributed by atoms with Crippen LogP contribution in [-0.4, -0.2) is 4.57 Å². The van der Waals surface area contributed by atoms with Gasteiger partial charge in [-0.3, -0.25) is 4.79 Å². The van der Waals surface area contributed by atoms with E-state index in [2.05, 4.69) is 6.58 Å². The van der Waals surface area contributed by atoms with Gasteiger partial charge in [0, 0.05) is 24.8 Å². The maximum Gasteiger partial charge on any atom is 0.255 e. The maximum absolute atomic E-state index is 11.6. The van der Waals surface area contributed by atoms with Crippen molar-refractivity contribution >= 4 is 0 Å². The van der Waals surface area contributed by atoms with E-state index in [-0.39, 0.29) is 5.56 Å². The van der Waals surface area contributed by atoms with Crippen molar-refractivity contribution < 1.29 is 0 Å². The first-order chi connectivity index (χ1) is 6.20. The van der Waals surface area contributed by atoms with Gasteiger partial charge in [0.1, 0.15) is 0 Å². The Balaban J connectivity index is 3.27. The molecule has 1 aromatic rings. The molecule has 3 nitrogen and oxygen atoms in total. The van der Waals surface area contributed by atoms with E-state index in [4.69, 9.17) is 5.73 Å². The average Bonchev–Trinajstić information content (AvgIpc) is 2.11. The number of nitrogens with two attached hydrogens (primary N) is 1. The molecule has 0 saturated carbocycles. The van der Waals surface area contributed by atoms with Gasteiger partial charge in [-0.1, -0.05) is 6.08 Å². The zero-order valence-electron chi connectivity index (χ0n) is 7.79. The lowest BCUT2D eigenvalue weighted by molar-refractivity contribution is 0.757. The summed E-state index contributed by atoms with van der Waals surface area (Å²) in [6.45, 7) is 6.30. The number of nitrogens with zero attached hydrogens (tertiary/aromatic N) is 1. The molecule has 1 heterocycles. The van der Waals surface area contributed by atoms with Crippen molar-refractivity contribution in [1.82, 2.24) is 4.57 Å². The summed E-state index contributed by atoms with van der Waals surface area (Å²) in [6.07, 6.45) is 3.45. The Bertz CT molecular complexity index is 366. The summed E-state index contributed by atoms with van der Waals surface area (Å²) in [6, 6.07) is 1.90. The topological polar surface area (TPSA) is 48.0 Å². The molecule has 0 aliphatic rings. The van der Waals surface area contributed by atoms with Crippen molar-refractivity contribution in [2.75, 3.05) is 0 Å². The highest BCUT2D eigenvalue weighted by Crippen LogP contribution is 2.00. The van der Waals surface area contributed by atoms with Crippen molar-refractivity contribution in [1.29, 1.82) is 0 Å². The van der Waals surface area contributed by atoms with E-state index in [1.807, 2.05) is 13.0 Å². The van der Waals surface area contributed by atoms with E-state index in [9.17, 15) is 4.79 Å². The Hall–Kier alpha value is -1.35. The number of aryl methyl sites for hydroxylation is 1. The first kappa shape index (κ1) is 9.74. The van der Waals surface area contributed by atoms with Gasteiger partial charge in [0.15, 0.2) is 0 Å². The highest BCUT2D eigenvalue weighted by molar-refractivity contribution is 5.22. The van der Waals surface area contributed by atoms with Gasteiger partial charge in [0.05, 0.1) is 0 Å². The zero-order valence-corrected chi connectivity index (χ0v) is 7.79. The van der Waals surface area contributed by atoms with Crippen LogP contribution in [0, 0.1) is 6.92 Å². The molecule has 0 aliphatic heterocycles. The van der Waals surface area contributed by atoms with Gasteiger partial charge >= 0.3 is 0 Å². The van der Waals surface area contributed by atoms with Crippen LogP contribution in [0.3, 0.4) is 0 Å². The normalized spacial score (nSPS) is 10.0. The molecular weight excluding hydrogens is 164 g/mol. The van der Waals surface area contributed by atoms with E-state index in [0.29, 0.717) is 18.7 Å². The lowest BCUT2D eigenvalue weighted by Crippen LogP contribution is -2.25. The Morgan fingerprint density at radius 3 is 2.92 bits per heavy atom. The molecule has 0 bridgehead atoms. The van der Waals surface area contributed by atoms with Gasteiger partial charge < -0.3 is 10.3 Å². The number of rotatable bonds is 3. The molecule has 0 unspecified atom stereocenters. The van der Waals surface area contributed by atoms with Gasteiger partial charge in [0.2, 0.25) is 0 Å². The minimum absolute atomic E-state index is 0.0117. The summed E-state index contributed by atoms with van der Waals surface area (Å²) in [5, 5.41) is 0. The third-order valence-electron chi connectivity index (χ3n) is 2.03. The first-order valence-corrected chi connectivity index (χ1v) is 4.20. The summed E-state index contributed by atoms with van der Waals surface area (Å²) in [7, 11) is 0. The number of hydrogen-bond donors (Lipinski definition) is 1. The summed E-state index contributed by atoms with van der Waals surface area (Å²) in [4.78, 5) is 11.6. The lowest BCUT2D eigenvalue weighted by Gasteiger charge is -2.06. The summed E-state index contributed by atoms with van der Waals surface area (Å²) < 4.78 is 1.60. The van der Waals surface area contributed by atoms with E-state index >= 15 is 0 Å². The van der Waals surface area contributed by atoms with Crippen LogP contribution in [-0.2, 0) is 13.1 Å². The highest BCUT2D eigenvalue weighted by atomic mass is 16.1.